The number of fused-ring (bicyclic) bond motifs is 4. The molecule has 4 rings (SSSR count). The average molecular weight is 529 g/mol. The van der Waals surface area contributed by atoms with Crippen molar-refractivity contribution in [2.75, 3.05) is 27.7 Å². The molecule has 0 unspecified atom stereocenters. The van der Waals surface area contributed by atoms with E-state index in [9.17, 15) is 15.0 Å². The van der Waals surface area contributed by atoms with E-state index >= 15 is 0 Å². The quantitative estimate of drug-likeness (QED) is 0.447. The Morgan fingerprint density at radius 1 is 1.05 bits per heavy atom. The maximum Gasteiger partial charge on any atom is 0.251 e. The summed E-state index contributed by atoms with van der Waals surface area (Å²) in [7, 11) is 6.30. The normalized spacial score (nSPS) is 41.2. The van der Waals surface area contributed by atoms with E-state index < -0.39 is 11.5 Å². The van der Waals surface area contributed by atoms with Crippen LogP contribution >= 0.6 is 0 Å². The first-order valence-corrected chi connectivity index (χ1v) is 15.4. The zero-order valence-corrected chi connectivity index (χ0v) is 25.8. The van der Waals surface area contributed by atoms with E-state index in [1.54, 1.807) is 4.90 Å². The Morgan fingerprint density at radius 2 is 1.71 bits per heavy atom. The molecule has 10 atom stereocenters. The Kier molecular flexibility index (Phi) is 8.37. The van der Waals surface area contributed by atoms with Crippen molar-refractivity contribution in [3.8, 4) is 0 Å². The van der Waals surface area contributed by atoms with Gasteiger partial charge in [-0.15, -0.1) is 0 Å². The van der Waals surface area contributed by atoms with Crippen molar-refractivity contribution < 1.29 is 15.0 Å². The van der Waals surface area contributed by atoms with E-state index in [0.29, 0.717) is 23.3 Å². The third-order valence-electron chi connectivity index (χ3n) is 12.8. The van der Waals surface area contributed by atoms with Gasteiger partial charge in [-0.25, -0.2) is 0 Å². The highest BCUT2D eigenvalue weighted by Crippen LogP contribution is 2.68. The first kappa shape index (κ1) is 29.8. The first-order chi connectivity index (χ1) is 17.8. The van der Waals surface area contributed by atoms with E-state index in [4.69, 9.17) is 0 Å². The van der Waals surface area contributed by atoms with Crippen LogP contribution in [-0.2, 0) is 4.79 Å². The van der Waals surface area contributed by atoms with E-state index in [0.717, 1.165) is 38.5 Å². The molecule has 4 aliphatic carbocycles. The fourth-order valence-corrected chi connectivity index (χ4v) is 9.44. The SMILES string of the molecule is CC[C@H](C)[C@H](O)C(=O)N(C)[C@H]1CCC2=CC3=CC[C@]4(C)[C@@H]([C@H](C)N(C)C)CC[C@@]4(C)[C@@H]3CC[C@H]2[C@]1(C)CO. The summed E-state index contributed by atoms with van der Waals surface area (Å²) >= 11 is 0. The summed E-state index contributed by atoms with van der Waals surface area (Å²) in [5.74, 6) is 1.23. The van der Waals surface area contributed by atoms with Gasteiger partial charge in [-0.2, -0.15) is 0 Å². The van der Waals surface area contributed by atoms with Crippen LogP contribution in [-0.4, -0.2) is 71.9 Å². The standard InChI is InChI=1S/C33H56N2O3/c1-10-21(2)29(37)30(38)35(9)28-14-11-23-19-24-15-17-32(5)25(22(3)34(7)8)16-18-33(32,6)27(24)13-12-26(23)31(28,4)20-36/h15,19,21-22,25-29,36-37H,10-14,16-18,20H2,1-9H3/t21-,22-,25+,26+,27+,28-,29-,31-,32+,33-/m0/s1. The molecule has 0 bridgehead atoms. The number of aliphatic hydroxyl groups excluding tert-OH is 2. The van der Waals surface area contributed by atoms with Crippen molar-refractivity contribution in [3.05, 3.63) is 23.3 Å². The number of rotatable bonds is 7. The van der Waals surface area contributed by atoms with Crippen LogP contribution in [0.2, 0.25) is 0 Å². The number of aliphatic hydroxyl groups is 2. The summed E-state index contributed by atoms with van der Waals surface area (Å²) < 4.78 is 0. The molecule has 2 fully saturated rings. The lowest BCUT2D eigenvalue weighted by Gasteiger charge is -2.54. The summed E-state index contributed by atoms with van der Waals surface area (Å²) in [5, 5.41) is 21.6. The molecule has 0 saturated heterocycles. The highest BCUT2D eigenvalue weighted by molar-refractivity contribution is 5.81. The molecule has 2 N–H and O–H groups in total. The molecule has 38 heavy (non-hydrogen) atoms. The average Bonchev–Trinajstić information content (AvgIpc) is 3.03. The van der Waals surface area contributed by atoms with Gasteiger partial charge in [-0.05, 0) is 106 Å². The number of carbonyl (C=O) groups excluding carboxylic acids is 1. The van der Waals surface area contributed by atoms with Gasteiger partial charge in [-0.1, -0.05) is 58.8 Å². The third-order valence-corrected chi connectivity index (χ3v) is 12.8. The second-order valence-corrected chi connectivity index (χ2v) is 14.5. The summed E-state index contributed by atoms with van der Waals surface area (Å²) in [6.45, 7) is 13.7. The lowest BCUT2D eigenvalue weighted by molar-refractivity contribution is -0.149. The molecule has 216 valence electrons. The molecule has 0 aromatic heterocycles. The predicted molar refractivity (Wildman–Crippen MR) is 156 cm³/mol. The highest BCUT2D eigenvalue weighted by atomic mass is 16.3. The van der Waals surface area contributed by atoms with E-state index in [1.807, 2.05) is 20.9 Å². The molecule has 0 heterocycles. The maximum absolute atomic E-state index is 13.3. The van der Waals surface area contributed by atoms with Gasteiger partial charge < -0.3 is 20.0 Å². The maximum atomic E-state index is 13.3. The molecule has 0 aliphatic heterocycles. The summed E-state index contributed by atoms with van der Waals surface area (Å²) in [5.41, 5.74) is 3.16. The molecule has 0 radical (unpaired) electrons. The van der Waals surface area contributed by atoms with Crippen LogP contribution in [0.5, 0.6) is 0 Å². The van der Waals surface area contributed by atoms with Crippen LogP contribution in [0.1, 0.15) is 92.9 Å². The summed E-state index contributed by atoms with van der Waals surface area (Å²) in [6, 6.07) is 0.494. The number of hydrogen-bond donors (Lipinski definition) is 2. The zero-order chi connectivity index (χ0) is 28.2. The molecule has 0 aromatic carbocycles. The first-order valence-electron chi connectivity index (χ1n) is 15.4. The number of nitrogens with zero attached hydrogens (tertiary/aromatic N) is 2. The van der Waals surface area contributed by atoms with Gasteiger partial charge in [0.25, 0.3) is 5.91 Å². The van der Waals surface area contributed by atoms with Gasteiger partial charge in [0.2, 0.25) is 0 Å². The van der Waals surface area contributed by atoms with Crippen molar-refractivity contribution >= 4 is 5.91 Å². The molecule has 2 saturated carbocycles. The van der Waals surface area contributed by atoms with Crippen LogP contribution in [0.15, 0.2) is 23.3 Å². The van der Waals surface area contributed by atoms with Gasteiger partial charge in [0.1, 0.15) is 6.10 Å². The lowest BCUT2D eigenvalue weighted by atomic mass is 9.51. The Hall–Kier alpha value is -1.17. The minimum absolute atomic E-state index is 0.0534. The van der Waals surface area contributed by atoms with Gasteiger partial charge >= 0.3 is 0 Å². The van der Waals surface area contributed by atoms with Crippen molar-refractivity contribution in [2.24, 2.45) is 39.9 Å². The molecule has 5 nitrogen and oxygen atoms in total. The van der Waals surface area contributed by atoms with Crippen molar-refractivity contribution in [2.45, 2.75) is 111 Å². The van der Waals surface area contributed by atoms with Crippen molar-refractivity contribution in [1.82, 2.24) is 9.80 Å². The second kappa shape index (κ2) is 10.7. The van der Waals surface area contributed by atoms with Crippen LogP contribution in [0, 0.1) is 39.9 Å². The van der Waals surface area contributed by atoms with Crippen molar-refractivity contribution in [3.63, 3.8) is 0 Å². The van der Waals surface area contributed by atoms with Crippen LogP contribution in [0.4, 0.5) is 0 Å². The van der Waals surface area contributed by atoms with Crippen LogP contribution in [0.25, 0.3) is 0 Å². The van der Waals surface area contributed by atoms with Crippen molar-refractivity contribution in [1.29, 1.82) is 0 Å². The molecule has 1 amide bonds. The van der Waals surface area contributed by atoms with Crippen LogP contribution < -0.4 is 0 Å². The number of amides is 1. The minimum Gasteiger partial charge on any atom is -0.396 e. The number of carbonyl (C=O) groups is 1. The topological polar surface area (TPSA) is 64.0 Å². The molecule has 4 aliphatic rings. The fraction of sp³-hybridized carbons (Fsp3) is 0.848. The predicted octanol–water partition coefficient (Wildman–Crippen LogP) is 5.67. The van der Waals surface area contributed by atoms with E-state index in [2.05, 4.69) is 58.8 Å². The van der Waals surface area contributed by atoms with Gasteiger partial charge in [0.05, 0.1) is 6.61 Å². The molecule has 0 spiro atoms. The van der Waals surface area contributed by atoms with Gasteiger partial charge in [-0.3, -0.25) is 4.79 Å². The number of likely N-dealkylation sites (N-methyl/N-ethyl adjacent to an activating group) is 1. The summed E-state index contributed by atoms with van der Waals surface area (Å²) in [4.78, 5) is 17.5. The molecular weight excluding hydrogens is 472 g/mol. The monoisotopic (exact) mass is 528 g/mol. The number of allylic oxidation sites excluding steroid dienone is 4. The Balaban J connectivity index is 1.62. The Morgan fingerprint density at radius 3 is 2.32 bits per heavy atom. The Labute approximate surface area is 232 Å². The highest BCUT2D eigenvalue weighted by Gasteiger charge is 2.61. The van der Waals surface area contributed by atoms with E-state index in [1.165, 1.54) is 24.0 Å². The smallest absolute Gasteiger partial charge is 0.251 e. The molecular formula is C33H56N2O3. The third kappa shape index (κ3) is 4.43. The number of hydrogen-bond acceptors (Lipinski definition) is 4. The second-order valence-electron chi connectivity index (χ2n) is 14.5. The molecule has 5 heteroatoms. The fourth-order valence-electron chi connectivity index (χ4n) is 9.44. The zero-order valence-electron chi connectivity index (χ0n) is 25.8. The van der Waals surface area contributed by atoms with Gasteiger partial charge in [0, 0.05) is 24.5 Å². The molecule has 0 aromatic rings. The summed E-state index contributed by atoms with van der Waals surface area (Å²) in [6.07, 6.45) is 12.6. The van der Waals surface area contributed by atoms with Crippen LogP contribution in [0.3, 0.4) is 0 Å². The minimum atomic E-state index is -0.982. The van der Waals surface area contributed by atoms with E-state index in [-0.39, 0.29) is 35.8 Å². The Bertz CT molecular complexity index is 958. The lowest BCUT2D eigenvalue weighted by Crippen LogP contribution is -2.57. The van der Waals surface area contributed by atoms with Gasteiger partial charge in [0.15, 0.2) is 0 Å². The largest absolute Gasteiger partial charge is 0.396 e.